The molecule has 1 aromatic heterocycles. The van der Waals surface area contributed by atoms with E-state index in [0.717, 1.165) is 5.56 Å². The van der Waals surface area contributed by atoms with Crippen molar-refractivity contribution in [3.8, 4) is 22.8 Å². The molecule has 1 unspecified atom stereocenters. The molecule has 0 aliphatic rings. The Morgan fingerprint density at radius 1 is 1.15 bits per heavy atom. The van der Waals surface area contributed by atoms with Gasteiger partial charge in [-0.3, -0.25) is 0 Å². The third-order valence-corrected chi connectivity index (χ3v) is 5.29. The smallest absolute Gasteiger partial charge is 0.406 e. The molecule has 0 radical (unpaired) electrons. The van der Waals surface area contributed by atoms with E-state index in [-0.39, 0.29) is 35.8 Å². The zero-order valence-electron chi connectivity index (χ0n) is 18.4. The molecule has 0 spiro atoms. The number of carboxylic acid groups (broad SMARTS) is 1. The number of benzene rings is 2. The molecule has 2 aromatic carbocycles. The lowest BCUT2D eigenvalue weighted by Crippen LogP contribution is -2.45. The maximum absolute atomic E-state index is 15.0. The molecule has 9 heteroatoms. The first-order valence-electron chi connectivity index (χ1n) is 10.2. The Kier molecular flexibility index (Phi) is 7.13. The molecule has 0 bridgehead atoms. The first-order chi connectivity index (χ1) is 15.6. The third kappa shape index (κ3) is 5.38. The second kappa shape index (κ2) is 9.83. The third-order valence-electron chi connectivity index (χ3n) is 5.29. The summed E-state index contributed by atoms with van der Waals surface area (Å²) in [5.41, 5.74) is 8.56. The van der Waals surface area contributed by atoms with Crippen molar-refractivity contribution < 1.29 is 28.5 Å². The summed E-state index contributed by atoms with van der Waals surface area (Å²) in [7, 11) is 0. The molecule has 3 aromatic rings. The number of pyridine rings is 1. The van der Waals surface area contributed by atoms with Gasteiger partial charge in [0.25, 0.3) is 0 Å². The molecule has 7 nitrogen and oxygen atoms in total. The molecule has 33 heavy (non-hydrogen) atoms. The van der Waals surface area contributed by atoms with Crippen LogP contribution in [0.3, 0.4) is 0 Å². The number of amides is 1. The summed E-state index contributed by atoms with van der Waals surface area (Å²) in [6.45, 7) is 4.77. The number of aromatic nitrogens is 1. The van der Waals surface area contributed by atoms with E-state index in [9.17, 15) is 18.7 Å². The highest BCUT2D eigenvalue weighted by molar-refractivity contribution is 5.67. The monoisotopic (exact) mass is 457 g/mol. The van der Waals surface area contributed by atoms with Crippen molar-refractivity contribution in [1.29, 1.82) is 0 Å². The number of ether oxygens (including phenoxy) is 1. The van der Waals surface area contributed by atoms with E-state index in [1.165, 1.54) is 12.1 Å². The Morgan fingerprint density at radius 3 is 2.58 bits per heavy atom. The minimum Gasteiger partial charge on any atom is -0.506 e. The number of halogens is 2. The van der Waals surface area contributed by atoms with Crippen molar-refractivity contribution >= 4 is 6.09 Å². The maximum Gasteiger partial charge on any atom is 0.406 e. The Bertz CT molecular complexity index is 1200. The van der Waals surface area contributed by atoms with E-state index in [1.807, 2.05) is 5.32 Å². The molecule has 1 atom stereocenters. The van der Waals surface area contributed by atoms with Crippen LogP contribution < -0.4 is 15.8 Å². The molecule has 0 aliphatic carbocycles. The van der Waals surface area contributed by atoms with Crippen LogP contribution in [-0.2, 0) is 6.42 Å². The molecule has 0 saturated heterocycles. The van der Waals surface area contributed by atoms with E-state index in [4.69, 9.17) is 15.6 Å². The molecule has 0 fully saturated rings. The fourth-order valence-electron chi connectivity index (χ4n) is 3.52. The van der Waals surface area contributed by atoms with Crippen molar-refractivity contribution in [3.05, 3.63) is 76.0 Å². The molecule has 3 rings (SSSR count). The lowest BCUT2D eigenvalue weighted by atomic mass is 9.96. The predicted molar refractivity (Wildman–Crippen MR) is 119 cm³/mol. The van der Waals surface area contributed by atoms with Crippen LogP contribution in [-0.4, -0.2) is 34.1 Å². The fourth-order valence-corrected chi connectivity index (χ4v) is 3.52. The van der Waals surface area contributed by atoms with Gasteiger partial charge in [0.2, 0.25) is 0 Å². The van der Waals surface area contributed by atoms with Crippen molar-refractivity contribution in [1.82, 2.24) is 10.3 Å². The van der Waals surface area contributed by atoms with Crippen molar-refractivity contribution in [2.24, 2.45) is 5.73 Å². The number of nitrogens with zero attached hydrogens (tertiary/aromatic N) is 1. The Labute approximate surface area is 189 Å². The van der Waals surface area contributed by atoms with Gasteiger partial charge in [-0.15, -0.1) is 0 Å². The normalized spacial score (nSPS) is 11.8. The SMILES string of the molecule is Cc1cccc(-c2nc(Cc3c(C)cc(OCC(N)NC(=O)O)c(F)c3C)ccc2O)c1F. The van der Waals surface area contributed by atoms with Gasteiger partial charge < -0.3 is 26.0 Å². The highest BCUT2D eigenvalue weighted by Crippen LogP contribution is 2.32. The summed E-state index contributed by atoms with van der Waals surface area (Å²) in [6, 6.07) is 9.40. The summed E-state index contributed by atoms with van der Waals surface area (Å²) >= 11 is 0. The van der Waals surface area contributed by atoms with Crippen molar-refractivity contribution in [3.63, 3.8) is 0 Å². The van der Waals surface area contributed by atoms with E-state index in [0.29, 0.717) is 22.4 Å². The van der Waals surface area contributed by atoms with Gasteiger partial charge in [-0.05, 0) is 67.3 Å². The molecular weight excluding hydrogens is 432 g/mol. The molecule has 5 N–H and O–H groups in total. The number of nitrogens with one attached hydrogen (secondary N) is 1. The first kappa shape index (κ1) is 23.9. The summed E-state index contributed by atoms with van der Waals surface area (Å²) in [5, 5.41) is 21.0. The average molecular weight is 457 g/mol. The Morgan fingerprint density at radius 2 is 1.88 bits per heavy atom. The topological polar surface area (TPSA) is 118 Å². The van der Waals surface area contributed by atoms with Gasteiger partial charge in [0, 0.05) is 17.7 Å². The van der Waals surface area contributed by atoms with Crippen LogP contribution in [0.2, 0.25) is 0 Å². The Hall–Kier alpha value is -3.72. The number of carbonyl (C=O) groups is 1. The zero-order valence-corrected chi connectivity index (χ0v) is 18.4. The highest BCUT2D eigenvalue weighted by atomic mass is 19.1. The first-order valence-corrected chi connectivity index (χ1v) is 10.2. The summed E-state index contributed by atoms with van der Waals surface area (Å²) < 4.78 is 34.9. The number of nitrogens with two attached hydrogens (primary N) is 1. The number of hydrogen-bond donors (Lipinski definition) is 4. The van der Waals surface area contributed by atoms with Gasteiger partial charge in [0.15, 0.2) is 11.6 Å². The van der Waals surface area contributed by atoms with Crippen molar-refractivity contribution in [2.45, 2.75) is 33.4 Å². The molecule has 1 amide bonds. The standard InChI is InChI=1S/C24H25F2N3O4/c1-12-5-4-6-16(21(12)25)23-18(30)8-7-15(28-23)10-17-13(2)9-19(22(26)14(17)3)33-11-20(27)29-24(31)32/h4-9,20,29-30H,10-11,27H2,1-3H3,(H,31,32). The van der Waals surface area contributed by atoms with Crippen molar-refractivity contribution in [2.75, 3.05) is 6.61 Å². The Balaban J connectivity index is 1.89. The second-order valence-electron chi connectivity index (χ2n) is 7.76. The lowest BCUT2D eigenvalue weighted by Gasteiger charge is -2.17. The van der Waals surface area contributed by atoms with E-state index in [2.05, 4.69) is 4.98 Å². The predicted octanol–water partition coefficient (Wildman–Crippen LogP) is 4.18. The van der Waals surface area contributed by atoms with Crippen LogP contribution in [0.1, 0.15) is 27.9 Å². The number of aromatic hydroxyl groups is 1. The van der Waals surface area contributed by atoms with Gasteiger partial charge in [-0.2, -0.15) is 0 Å². The van der Waals surface area contributed by atoms with E-state index >= 15 is 0 Å². The molecular formula is C24H25F2N3O4. The van der Waals surface area contributed by atoms with E-state index in [1.54, 1.807) is 45.0 Å². The summed E-state index contributed by atoms with van der Waals surface area (Å²) in [5.74, 6) is -1.26. The van der Waals surface area contributed by atoms with Gasteiger partial charge in [0.1, 0.15) is 30.0 Å². The lowest BCUT2D eigenvalue weighted by molar-refractivity contribution is 0.181. The molecule has 174 valence electrons. The largest absolute Gasteiger partial charge is 0.506 e. The highest BCUT2D eigenvalue weighted by Gasteiger charge is 2.18. The van der Waals surface area contributed by atoms with Crippen LogP contribution >= 0.6 is 0 Å². The van der Waals surface area contributed by atoms with Gasteiger partial charge in [-0.25, -0.2) is 18.6 Å². The average Bonchev–Trinajstić information content (AvgIpc) is 2.75. The fraction of sp³-hybridized carbons (Fsp3) is 0.250. The van der Waals surface area contributed by atoms with Crippen LogP contribution in [0.15, 0.2) is 36.4 Å². The molecule has 1 heterocycles. The minimum atomic E-state index is -1.31. The molecule has 0 aliphatic heterocycles. The van der Waals surface area contributed by atoms with Gasteiger partial charge >= 0.3 is 6.09 Å². The number of rotatable bonds is 7. The zero-order chi connectivity index (χ0) is 24.3. The van der Waals surface area contributed by atoms with Crippen LogP contribution in [0.5, 0.6) is 11.5 Å². The number of aryl methyl sites for hydroxylation is 2. The van der Waals surface area contributed by atoms with Crippen LogP contribution in [0, 0.1) is 32.4 Å². The summed E-state index contributed by atoms with van der Waals surface area (Å²) in [4.78, 5) is 15.1. The van der Waals surface area contributed by atoms with E-state index < -0.39 is 23.9 Å². The van der Waals surface area contributed by atoms with Gasteiger partial charge in [0.05, 0.1) is 0 Å². The second-order valence-corrected chi connectivity index (χ2v) is 7.76. The maximum atomic E-state index is 15.0. The quantitative estimate of drug-likeness (QED) is 0.396. The molecule has 0 saturated carbocycles. The number of hydrogen-bond acceptors (Lipinski definition) is 5. The van der Waals surface area contributed by atoms with Crippen LogP contribution in [0.4, 0.5) is 13.6 Å². The minimum absolute atomic E-state index is 0.0439. The summed E-state index contributed by atoms with van der Waals surface area (Å²) in [6.07, 6.45) is -2.07. The van der Waals surface area contributed by atoms with Gasteiger partial charge in [-0.1, -0.05) is 12.1 Å². The van der Waals surface area contributed by atoms with Crippen LogP contribution in [0.25, 0.3) is 11.3 Å².